The molecule has 1 aromatic heterocycles. The molecular weight excluding hydrogens is 242 g/mol. The number of nitrogens with zero attached hydrogens (tertiary/aromatic N) is 3. The van der Waals surface area contributed by atoms with Crippen LogP contribution in [0.1, 0.15) is 30.3 Å². The second-order valence-corrected chi connectivity index (χ2v) is 4.96. The number of hydrogen-bond donors (Lipinski definition) is 0. The summed E-state index contributed by atoms with van der Waals surface area (Å²) < 4.78 is 7.27. The number of morpholine rings is 1. The van der Waals surface area contributed by atoms with Crippen molar-refractivity contribution in [2.45, 2.75) is 40.2 Å². The van der Waals surface area contributed by atoms with Crippen LogP contribution < -0.4 is 0 Å². The maximum atomic E-state index is 12.1. The third-order valence-electron chi connectivity index (χ3n) is 3.78. The van der Waals surface area contributed by atoms with Gasteiger partial charge in [-0.1, -0.05) is 0 Å². The minimum atomic E-state index is 0.228. The van der Waals surface area contributed by atoms with Crippen LogP contribution in [0.2, 0.25) is 0 Å². The third kappa shape index (κ3) is 3.15. The summed E-state index contributed by atoms with van der Waals surface area (Å²) >= 11 is 0. The minimum Gasteiger partial charge on any atom is -0.378 e. The Morgan fingerprint density at radius 1 is 1.32 bits per heavy atom. The Hall–Kier alpha value is -1.36. The average Bonchev–Trinajstić information content (AvgIpc) is 2.72. The number of carbonyl (C=O) groups excluding carboxylic acids is 1. The Kier molecular flexibility index (Phi) is 4.58. The predicted octanol–water partition coefficient (Wildman–Crippen LogP) is 1.31. The molecule has 19 heavy (non-hydrogen) atoms. The molecule has 1 saturated heterocycles. The first-order valence-electron chi connectivity index (χ1n) is 7.02. The summed E-state index contributed by atoms with van der Waals surface area (Å²) in [6, 6.07) is 0. The lowest BCUT2D eigenvalue weighted by Crippen LogP contribution is -2.40. The molecule has 1 fully saturated rings. The average molecular weight is 265 g/mol. The van der Waals surface area contributed by atoms with Crippen molar-refractivity contribution in [2.24, 2.45) is 0 Å². The highest BCUT2D eigenvalue weighted by atomic mass is 16.5. The second-order valence-electron chi connectivity index (χ2n) is 4.96. The van der Waals surface area contributed by atoms with Gasteiger partial charge in [-0.05, 0) is 32.8 Å². The van der Waals surface area contributed by atoms with Crippen molar-refractivity contribution in [1.82, 2.24) is 14.7 Å². The van der Waals surface area contributed by atoms with Gasteiger partial charge in [0.1, 0.15) is 0 Å². The van der Waals surface area contributed by atoms with Crippen molar-refractivity contribution in [3.05, 3.63) is 17.0 Å². The number of aromatic nitrogens is 2. The molecule has 5 heteroatoms. The monoisotopic (exact) mass is 265 g/mol. The number of ether oxygens (including phenoxy) is 1. The Morgan fingerprint density at radius 3 is 2.58 bits per heavy atom. The quantitative estimate of drug-likeness (QED) is 0.824. The van der Waals surface area contributed by atoms with Crippen LogP contribution in [0.3, 0.4) is 0 Å². The molecule has 1 aliphatic heterocycles. The van der Waals surface area contributed by atoms with Gasteiger partial charge >= 0.3 is 0 Å². The molecule has 0 bridgehead atoms. The highest BCUT2D eigenvalue weighted by Gasteiger charge is 2.18. The molecule has 0 aromatic carbocycles. The first kappa shape index (κ1) is 14.1. The molecule has 0 unspecified atom stereocenters. The van der Waals surface area contributed by atoms with Gasteiger partial charge in [-0.3, -0.25) is 9.48 Å². The molecule has 1 aliphatic rings. The van der Waals surface area contributed by atoms with Gasteiger partial charge in [-0.2, -0.15) is 5.10 Å². The number of rotatable bonds is 4. The lowest BCUT2D eigenvalue weighted by Gasteiger charge is -2.26. The Morgan fingerprint density at radius 2 is 2.00 bits per heavy atom. The Bertz CT molecular complexity index is 448. The molecule has 106 valence electrons. The zero-order chi connectivity index (χ0) is 13.8. The van der Waals surface area contributed by atoms with Gasteiger partial charge in [0.25, 0.3) is 0 Å². The fourth-order valence-electron chi connectivity index (χ4n) is 2.61. The van der Waals surface area contributed by atoms with Crippen LogP contribution in [0.25, 0.3) is 0 Å². The number of aryl methyl sites for hydroxylation is 2. The molecule has 0 atom stereocenters. The molecule has 1 amide bonds. The van der Waals surface area contributed by atoms with E-state index in [0.29, 0.717) is 19.6 Å². The van der Waals surface area contributed by atoms with Crippen LogP contribution >= 0.6 is 0 Å². The van der Waals surface area contributed by atoms with Gasteiger partial charge in [-0.15, -0.1) is 0 Å². The lowest BCUT2D eigenvalue weighted by atomic mass is 10.1. The zero-order valence-corrected chi connectivity index (χ0v) is 12.1. The lowest BCUT2D eigenvalue weighted by molar-refractivity contribution is -0.135. The predicted molar refractivity (Wildman–Crippen MR) is 73.1 cm³/mol. The topological polar surface area (TPSA) is 47.4 Å². The van der Waals surface area contributed by atoms with E-state index >= 15 is 0 Å². The zero-order valence-electron chi connectivity index (χ0n) is 12.1. The normalized spacial score (nSPS) is 15.8. The van der Waals surface area contributed by atoms with Crippen LogP contribution in [-0.4, -0.2) is 46.9 Å². The van der Waals surface area contributed by atoms with Crippen LogP contribution in [0.4, 0.5) is 0 Å². The van der Waals surface area contributed by atoms with E-state index in [1.807, 2.05) is 16.5 Å². The molecule has 0 spiro atoms. The van der Waals surface area contributed by atoms with E-state index in [0.717, 1.165) is 31.7 Å². The number of hydrogen-bond acceptors (Lipinski definition) is 3. The highest BCUT2D eigenvalue weighted by molar-refractivity contribution is 5.76. The van der Waals surface area contributed by atoms with E-state index in [2.05, 4.69) is 18.9 Å². The molecule has 0 N–H and O–H groups in total. The SMILES string of the molecule is CCn1nc(C)c(CCC(=O)N2CCOCC2)c1C. The summed E-state index contributed by atoms with van der Waals surface area (Å²) in [4.78, 5) is 14.0. The first-order chi connectivity index (χ1) is 9.13. The van der Waals surface area contributed by atoms with Gasteiger partial charge in [0.15, 0.2) is 0 Å². The van der Waals surface area contributed by atoms with Gasteiger partial charge in [0.2, 0.25) is 5.91 Å². The summed E-state index contributed by atoms with van der Waals surface area (Å²) in [6.07, 6.45) is 1.35. The van der Waals surface area contributed by atoms with Crippen molar-refractivity contribution >= 4 is 5.91 Å². The minimum absolute atomic E-state index is 0.228. The molecule has 2 heterocycles. The Labute approximate surface area is 114 Å². The molecule has 0 saturated carbocycles. The summed E-state index contributed by atoms with van der Waals surface area (Å²) in [5.41, 5.74) is 3.47. The molecule has 2 rings (SSSR count). The number of carbonyl (C=O) groups is 1. The van der Waals surface area contributed by atoms with E-state index in [4.69, 9.17) is 4.74 Å². The fraction of sp³-hybridized carbons (Fsp3) is 0.714. The summed E-state index contributed by atoms with van der Waals surface area (Å²) in [5, 5.41) is 4.49. The van der Waals surface area contributed by atoms with Crippen molar-refractivity contribution < 1.29 is 9.53 Å². The molecule has 1 aromatic rings. The van der Waals surface area contributed by atoms with E-state index in [1.54, 1.807) is 0 Å². The van der Waals surface area contributed by atoms with Crippen LogP contribution in [-0.2, 0) is 22.5 Å². The smallest absolute Gasteiger partial charge is 0.223 e. The summed E-state index contributed by atoms with van der Waals surface area (Å²) in [7, 11) is 0. The van der Waals surface area contributed by atoms with Crippen molar-refractivity contribution in [3.8, 4) is 0 Å². The standard InChI is InChI=1S/C14H23N3O2/c1-4-17-12(3)13(11(2)15-17)5-6-14(18)16-7-9-19-10-8-16/h4-10H2,1-3H3. The molecular formula is C14H23N3O2. The maximum Gasteiger partial charge on any atom is 0.223 e. The summed E-state index contributed by atoms with van der Waals surface area (Å²) in [6.45, 7) is 9.85. The third-order valence-corrected chi connectivity index (χ3v) is 3.78. The molecule has 0 aliphatic carbocycles. The number of amides is 1. The van der Waals surface area contributed by atoms with Gasteiger partial charge < -0.3 is 9.64 Å². The molecule has 0 radical (unpaired) electrons. The first-order valence-corrected chi connectivity index (χ1v) is 7.02. The van der Waals surface area contributed by atoms with Crippen LogP contribution in [0, 0.1) is 13.8 Å². The van der Waals surface area contributed by atoms with E-state index in [1.165, 1.54) is 11.3 Å². The largest absolute Gasteiger partial charge is 0.378 e. The fourth-order valence-corrected chi connectivity index (χ4v) is 2.61. The van der Waals surface area contributed by atoms with E-state index < -0.39 is 0 Å². The maximum absolute atomic E-state index is 12.1. The highest BCUT2D eigenvalue weighted by Crippen LogP contribution is 2.16. The van der Waals surface area contributed by atoms with Crippen molar-refractivity contribution in [3.63, 3.8) is 0 Å². The van der Waals surface area contributed by atoms with Crippen molar-refractivity contribution in [2.75, 3.05) is 26.3 Å². The van der Waals surface area contributed by atoms with E-state index in [9.17, 15) is 4.79 Å². The van der Waals surface area contributed by atoms with Crippen LogP contribution in [0.5, 0.6) is 0 Å². The van der Waals surface area contributed by atoms with E-state index in [-0.39, 0.29) is 5.91 Å². The molecule has 5 nitrogen and oxygen atoms in total. The summed E-state index contributed by atoms with van der Waals surface area (Å²) in [5.74, 6) is 0.228. The van der Waals surface area contributed by atoms with Gasteiger partial charge in [-0.25, -0.2) is 0 Å². The van der Waals surface area contributed by atoms with Crippen molar-refractivity contribution in [1.29, 1.82) is 0 Å². The second kappa shape index (κ2) is 6.19. The Balaban J connectivity index is 1.94. The van der Waals surface area contributed by atoms with Gasteiger partial charge in [0.05, 0.1) is 18.9 Å². The van der Waals surface area contributed by atoms with Crippen LogP contribution in [0.15, 0.2) is 0 Å². The van der Waals surface area contributed by atoms with Gasteiger partial charge in [0, 0.05) is 31.7 Å².